The maximum atomic E-state index is 11.3. The third-order valence-electron chi connectivity index (χ3n) is 2.10. The van der Waals surface area contributed by atoms with E-state index in [4.69, 9.17) is 0 Å². The summed E-state index contributed by atoms with van der Waals surface area (Å²) < 4.78 is 0. The highest BCUT2D eigenvalue weighted by Crippen LogP contribution is 2.23. The van der Waals surface area contributed by atoms with Gasteiger partial charge in [-0.15, -0.1) is 0 Å². The Morgan fingerprint density at radius 3 is 2.15 bits per heavy atom. The molecule has 0 aliphatic carbocycles. The first-order valence-corrected chi connectivity index (χ1v) is 5.47. The molecule has 1 aliphatic heterocycles. The minimum atomic E-state index is -0.0321. The summed E-state index contributed by atoms with van der Waals surface area (Å²) in [6, 6.07) is 0. The summed E-state index contributed by atoms with van der Waals surface area (Å²) in [7, 11) is 0. The van der Waals surface area contributed by atoms with Crippen molar-refractivity contribution in [2.45, 2.75) is 26.7 Å². The molecule has 0 N–H and O–H groups in total. The Morgan fingerprint density at radius 1 is 1.31 bits per heavy atom. The van der Waals surface area contributed by atoms with Gasteiger partial charge in [0.2, 0.25) is 11.8 Å². The van der Waals surface area contributed by atoms with E-state index in [0.29, 0.717) is 19.4 Å². The predicted octanol–water partition coefficient (Wildman–Crippen LogP) is 1.56. The second kappa shape index (κ2) is 3.78. The summed E-state index contributed by atoms with van der Waals surface area (Å²) in [6.45, 7) is 4.58. The van der Waals surface area contributed by atoms with Crippen LogP contribution in [0, 0.1) is 5.41 Å². The van der Waals surface area contributed by atoms with E-state index in [1.807, 2.05) is 13.8 Å². The highest BCUT2D eigenvalue weighted by Gasteiger charge is 2.33. The van der Waals surface area contributed by atoms with Crippen LogP contribution >= 0.6 is 15.9 Å². The summed E-state index contributed by atoms with van der Waals surface area (Å²) in [5.41, 5.74) is -0.0321. The number of imide groups is 1. The molecule has 1 heterocycles. The molecule has 2 amide bonds. The molecule has 0 atom stereocenters. The van der Waals surface area contributed by atoms with E-state index in [9.17, 15) is 9.59 Å². The number of rotatable bonds is 3. The number of hydrogen-bond acceptors (Lipinski definition) is 2. The normalized spacial score (nSPS) is 18.5. The van der Waals surface area contributed by atoms with Crippen molar-refractivity contribution in [1.29, 1.82) is 0 Å². The average Bonchev–Trinajstić information content (AvgIpc) is 2.36. The largest absolute Gasteiger partial charge is 0.282 e. The molecule has 0 saturated carbocycles. The molecule has 13 heavy (non-hydrogen) atoms. The van der Waals surface area contributed by atoms with E-state index < -0.39 is 0 Å². The van der Waals surface area contributed by atoms with Crippen LogP contribution in [0.4, 0.5) is 0 Å². The zero-order chi connectivity index (χ0) is 10.1. The third kappa shape index (κ3) is 2.53. The Bertz CT molecular complexity index is 222. The van der Waals surface area contributed by atoms with E-state index in [2.05, 4.69) is 15.9 Å². The standard InChI is InChI=1S/C9H14BrNO2/c1-9(2,5-10)6-11-7(12)3-4-8(11)13/h3-6H2,1-2H3. The Hall–Kier alpha value is -0.380. The first-order valence-electron chi connectivity index (χ1n) is 4.35. The van der Waals surface area contributed by atoms with Gasteiger partial charge < -0.3 is 0 Å². The zero-order valence-corrected chi connectivity index (χ0v) is 9.56. The molecule has 4 heteroatoms. The smallest absolute Gasteiger partial charge is 0.229 e. The van der Waals surface area contributed by atoms with Crippen molar-refractivity contribution in [2.75, 3.05) is 11.9 Å². The lowest BCUT2D eigenvalue weighted by molar-refractivity contribution is -0.139. The molecule has 1 aliphatic rings. The molecule has 1 saturated heterocycles. The summed E-state index contributed by atoms with van der Waals surface area (Å²) in [5, 5.41) is 0.789. The molecular formula is C9H14BrNO2. The zero-order valence-electron chi connectivity index (χ0n) is 7.97. The number of likely N-dealkylation sites (tertiary alicyclic amines) is 1. The van der Waals surface area contributed by atoms with Gasteiger partial charge in [0, 0.05) is 24.7 Å². The van der Waals surface area contributed by atoms with E-state index in [0.717, 1.165) is 5.33 Å². The monoisotopic (exact) mass is 247 g/mol. The van der Waals surface area contributed by atoms with Crippen molar-refractivity contribution in [2.24, 2.45) is 5.41 Å². The van der Waals surface area contributed by atoms with Gasteiger partial charge in [-0.05, 0) is 5.41 Å². The molecule has 1 fully saturated rings. The number of hydrogen-bond donors (Lipinski definition) is 0. The van der Waals surface area contributed by atoms with Crippen LogP contribution in [0.25, 0.3) is 0 Å². The summed E-state index contributed by atoms with van der Waals surface area (Å²) in [5.74, 6) is -0.0574. The van der Waals surface area contributed by atoms with E-state index in [-0.39, 0.29) is 17.2 Å². The Morgan fingerprint density at radius 2 is 1.77 bits per heavy atom. The van der Waals surface area contributed by atoms with Crippen LogP contribution in [0.3, 0.4) is 0 Å². The molecule has 0 radical (unpaired) electrons. The number of carbonyl (C=O) groups excluding carboxylic acids is 2. The highest BCUT2D eigenvalue weighted by molar-refractivity contribution is 9.09. The van der Waals surface area contributed by atoms with E-state index in [1.54, 1.807) is 0 Å². The number of halogens is 1. The van der Waals surface area contributed by atoms with E-state index in [1.165, 1.54) is 4.90 Å². The summed E-state index contributed by atoms with van der Waals surface area (Å²) >= 11 is 3.37. The molecule has 0 aromatic carbocycles. The third-order valence-corrected chi connectivity index (χ3v) is 3.62. The molecule has 0 spiro atoms. The van der Waals surface area contributed by atoms with Gasteiger partial charge in [0.1, 0.15) is 0 Å². The van der Waals surface area contributed by atoms with Gasteiger partial charge in [0.05, 0.1) is 0 Å². The first-order chi connectivity index (χ1) is 5.96. The molecule has 0 unspecified atom stereocenters. The number of alkyl halides is 1. The maximum absolute atomic E-state index is 11.3. The molecule has 0 aromatic heterocycles. The van der Waals surface area contributed by atoms with Gasteiger partial charge in [0.25, 0.3) is 0 Å². The van der Waals surface area contributed by atoms with Crippen molar-refractivity contribution < 1.29 is 9.59 Å². The van der Waals surface area contributed by atoms with Crippen LogP contribution in [0.1, 0.15) is 26.7 Å². The molecule has 3 nitrogen and oxygen atoms in total. The van der Waals surface area contributed by atoms with Crippen LogP contribution < -0.4 is 0 Å². The first kappa shape index (κ1) is 10.7. The quantitative estimate of drug-likeness (QED) is 0.561. The van der Waals surface area contributed by atoms with Crippen molar-refractivity contribution >= 4 is 27.7 Å². The minimum absolute atomic E-state index is 0.0287. The molecule has 0 bridgehead atoms. The molecule has 1 rings (SSSR count). The highest BCUT2D eigenvalue weighted by atomic mass is 79.9. The van der Waals surface area contributed by atoms with Crippen LogP contribution in [-0.2, 0) is 9.59 Å². The summed E-state index contributed by atoms with van der Waals surface area (Å²) in [4.78, 5) is 23.9. The van der Waals surface area contributed by atoms with Crippen molar-refractivity contribution in [1.82, 2.24) is 4.90 Å². The van der Waals surface area contributed by atoms with Crippen LogP contribution in [0.5, 0.6) is 0 Å². The maximum Gasteiger partial charge on any atom is 0.229 e. The fraction of sp³-hybridized carbons (Fsp3) is 0.778. The lowest BCUT2D eigenvalue weighted by atomic mass is 9.96. The Balaban J connectivity index is 2.62. The van der Waals surface area contributed by atoms with Crippen molar-refractivity contribution in [3.8, 4) is 0 Å². The summed E-state index contributed by atoms with van der Waals surface area (Å²) in [6.07, 6.45) is 0.772. The lowest BCUT2D eigenvalue weighted by Crippen LogP contribution is -2.38. The molecular weight excluding hydrogens is 234 g/mol. The Labute approximate surface area is 86.6 Å². The van der Waals surface area contributed by atoms with Gasteiger partial charge in [-0.2, -0.15) is 0 Å². The average molecular weight is 248 g/mol. The van der Waals surface area contributed by atoms with E-state index >= 15 is 0 Å². The van der Waals surface area contributed by atoms with Crippen molar-refractivity contribution in [3.05, 3.63) is 0 Å². The van der Waals surface area contributed by atoms with Crippen LogP contribution in [-0.4, -0.2) is 28.6 Å². The number of nitrogens with zero attached hydrogens (tertiary/aromatic N) is 1. The molecule has 0 aromatic rings. The minimum Gasteiger partial charge on any atom is -0.282 e. The van der Waals surface area contributed by atoms with Crippen LogP contribution in [0.15, 0.2) is 0 Å². The van der Waals surface area contributed by atoms with Gasteiger partial charge in [-0.1, -0.05) is 29.8 Å². The van der Waals surface area contributed by atoms with Gasteiger partial charge in [-0.25, -0.2) is 0 Å². The number of carbonyl (C=O) groups is 2. The topological polar surface area (TPSA) is 37.4 Å². The second-order valence-electron chi connectivity index (χ2n) is 4.17. The predicted molar refractivity (Wildman–Crippen MR) is 53.5 cm³/mol. The van der Waals surface area contributed by atoms with Gasteiger partial charge in [0.15, 0.2) is 0 Å². The fourth-order valence-corrected chi connectivity index (χ4v) is 1.45. The lowest BCUT2D eigenvalue weighted by Gasteiger charge is -2.26. The Kier molecular flexibility index (Phi) is 3.11. The number of amides is 2. The van der Waals surface area contributed by atoms with Crippen molar-refractivity contribution in [3.63, 3.8) is 0 Å². The van der Waals surface area contributed by atoms with Gasteiger partial charge in [-0.3, -0.25) is 14.5 Å². The van der Waals surface area contributed by atoms with Gasteiger partial charge >= 0.3 is 0 Å². The molecule has 74 valence electrons. The fourth-order valence-electron chi connectivity index (χ4n) is 1.27. The SMILES string of the molecule is CC(C)(CBr)CN1C(=O)CCC1=O. The van der Waals surface area contributed by atoms with Crippen LogP contribution in [0.2, 0.25) is 0 Å². The second-order valence-corrected chi connectivity index (χ2v) is 4.73.